The van der Waals surface area contributed by atoms with Gasteiger partial charge in [0.05, 0.1) is 18.6 Å². The van der Waals surface area contributed by atoms with E-state index in [1.165, 1.54) is 11.8 Å². The van der Waals surface area contributed by atoms with E-state index >= 15 is 0 Å². The van der Waals surface area contributed by atoms with Crippen LogP contribution in [0.3, 0.4) is 0 Å². The number of thioether (sulfide) groups is 1. The van der Waals surface area contributed by atoms with Crippen molar-refractivity contribution < 1.29 is 9.53 Å². The van der Waals surface area contributed by atoms with E-state index < -0.39 is 0 Å². The van der Waals surface area contributed by atoms with Crippen molar-refractivity contribution in [2.75, 3.05) is 12.9 Å². The normalized spacial score (nSPS) is 11.8. The van der Waals surface area contributed by atoms with E-state index in [0.717, 1.165) is 12.1 Å². The van der Waals surface area contributed by atoms with Crippen LogP contribution in [0.25, 0.3) is 17.2 Å². The van der Waals surface area contributed by atoms with Gasteiger partial charge in [-0.15, -0.1) is 10.2 Å². The van der Waals surface area contributed by atoms with Gasteiger partial charge in [0, 0.05) is 12.2 Å². The zero-order chi connectivity index (χ0) is 19.9. The molecule has 7 nitrogen and oxygen atoms in total. The molecular formula is C20H23N5O2S. The molecule has 0 saturated carbocycles. The Bertz CT molecular complexity index is 929. The molecule has 0 unspecified atom stereocenters. The Labute approximate surface area is 168 Å². The Kier molecular flexibility index (Phi) is 6.65. The lowest BCUT2D eigenvalue weighted by molar-refractivity contribution is -0.119. The number of aromatic nitrogens is 4. The van der Waals surface area contributed by atoms with Crippen LogP contribution in [0.15, 0.2) is 53.8 Å². The zero-order valence-electron chi connectivity index (χ0n) is 16.1. The van der Waals surface area contributed by atoms with Crippen molar-refractivity contribution in [2.24, 2.45) is 0 Å². The van der Waals surface area contributed by atoms with Gasteiger partial charge in [-0.3, -0.25) is 14.3 Å². The first-order valence-electron chi connectivity index (χ1n) is 9.06. The summed E-state index contributed by atoms with van der Waals surface area (Å²) >= 11 is 1.33. The molecule has 146 valence electrons. The number of nitrogens with one attached hydrogen (secondary N) is 1. The second-order valence-corrected chi connectivity index (χ2v) is 7.14. The minimum atomic E-state index is -0.0340. The highest BCUT2D eigenvalue weighted by Gasteiger charge is 2.20. The van der Waals surface area contributed by atoms with Crippen molar-refractivity contribution in [2.45, 2.75) is 31.5 Å². The number of amides is 1. The molecule has 0 saturated heterocycles. The largest absolute Gasteiger partial charge is 0.495 e. The maximum absolute atomic E-state index is 12.2. The third-order valence-electron chi connectivity index (χ3n) is 4.21. The van der Waals surface area contributed by atoms with Crippen molar-refractivity contribution in [3.63, 3.8) is 0 Å². The van der Waals surface area contributed by atoms with Crippen molar-refractivity contribution in [1.82, 2.24) is 25.1 Å². The molecule has 2 heterocycles. The van der Waals surface area contributed by atoms with E-state index in [0.29, 0.717) is 22.4 Å². The fourth-order valence-electron chi connectivity index (χ4n) is 2.60. The molecule has 8 heteroatoms. The summed E-state index contributed by atoms with van der Waals surface area (Å²) in [6.07, 6.45) is 2.60. The summed E-state index contributed by atoms with van der Waals surface area (Å²) in [5.41, 5.74) is 1.48. The molecule has 0 aliphatic carbocycles. The number of carbonyl (C=O) groups excluding carboxylic acids is 1. The minimum Gasteiger partial charge on any atom is -0.495 e. The van der Waals surface area contributed by atoms with Crippen LogP contribution in [0.2, 0.25) is 0 Å². The van der Waals surface area contributed by atoms with Crippen molar-refractivity contribution >= 4 is 17.7 Å². The lowest BCUT2D eigenvalue weighted by Crippen LogP contribution is -2.33. The molecule has 3 rings (SSSR count). The van der Waals surface area contributed by atoms with Crippen LogP contribution in [0.4, 0.5) is 0 Å². The number of nitrogens with zero attached hydrogens (tertiary/aromatic N) is 4. The molecule has 0 aliphatic rings. The van der Waals surface area contributed by atoms with Crippen molar-refractivity contribution in [1.29, 1.82) is 0 Å². The monoisotopic (exact) mass is 397 g/mol. The summed E-state index contributed by atoms with van der Waals surface area (Å²) < 4.78 is 7.40. The molecule has 0 spiro atoms. The van der Waals surface area contributed by atoms with E-state index in [-0.39, 0.29) is 17.7 Å². The molecule has 1 amide bonds. The summed E-state index contributed by atoms with van der Waals surface area (Å²) in [5, 5.41) is 12.2. The first-order chi connectivity index (χ1) is 13.6. The van der Waals surface area contributed by atoms with E-state index in [9.17, 15) is 4.79 Å². The number of carbonyl (C=O) groups is 1. The van der Waals surface area contributed by atoms with Gasteiger partial charge in [-0.05, 0) is 37.6 Å². The van der Waals surface area contributed by atoms with Gasteiger partial charge in [0.25, 0.3) is 0 Å². The van der Waals surface area contributed by atoms with E-state index in [1.807, 2.05) is 60.9 Å². The van der Waals surface area contributed by atoms with Crippen LogP contribution in [-0.4, -0.2) is 44.6 Å². The molecule has 2 aromatic heterocycles. The fraction of sp³-hybridized carbons (Fsp3) is 0.300. The van der Waals surface area contributed by atoms with Gasteiger partial charge in [-0.1, -0.05) is 36.9 Å². The molecule has 0 bridgehead atoms. The highest BCUT2D eigenvalue weighted by molar-refractivity contribution is 7.99. The van der Waals surface area contributed by atoms with Gasteiger partial charge in [0.15, 0.2) is 11.0 Å². The number of pyridine rings is 1. The topological polar surface area (TPSA) is 81.9 Å². The van der Waals surface area contributed by atoms with Crippen LogP contribution in [0.1, 0.15) is 20.3 Å². The standard InChI is InChI=1S/C20H23N5O2S/c1-4-14(2)22-18(26)13-28-20-24-23-19(15-9-7-8-12-21-15)25(20)16-10-5-6-11-17(16)27-3/h5-12,14H,4,13H2,1-3H3,(H,22,26)/t14-/m1/s1. The highest BCUT2D eigenvalue weighted by atomic mass is 32.2. The van der Waals surface area contributed by atoms with Crippen LogP contribution in [0, 0.1) is 0 Å². The summed E-state index contributed by atoms with van der Waals surface area (Å²) in [4.78, 5) is 16.6. The first-order valence-corrected chi connectivity index (χ1v) is 10.0. The van der Waals surface area contributed by atoms with Crippen LogP contribution >= 0.6 is 11.8 Å². The van der Waals surface area contributed by atoms with Gasteiger partial charge >= 0.3 is 0 Å². The molecule has 0 aliphatic heterocycles. The van der Waals surface area contributed by atoms with Crippen LogP contribution < -0.4 is 10.1 Å². The molecule has 3 aromatic rings. The number of methoxy groups -OCH3 is 1. The SMILES string of the molecule is CC[C@@H](C)NC(=O)CSc1nnc(-c2ccccn2)n1-c1ccccc1OC. The summed E-state index contributed by atoms with van der Waals surface area (Å²) in [6, 6.07) is 13.4. The Morgan fingerprint density at radius 3 is 2.71 bits per heavy atom. The fourth-order valence-corrected chi connectivity index (χ4v) is 3.36. The number of rotatable bonds is 8. The molecule has 1 N–H and O–H groups in total. The van der Waals surface area contributed by atoms with Crippen molar-refractivity contribution in [3.05, 3.63) is 48.7 Å². The quantitative estimate of drug-likeness (QED) is 0.587. The Morgan fingerprint density at radius 1 is 1.21 bits per heavy atom. The van der Waals surface area contributed by atoms with Gasteiger partial charge in [0.1, 0.15) is 11.4 Å². The second-order valence-electron chi connectivity index (χ2n) is 6.19. The number of hydrogen-bond donors (Lipinski definition) is 1. The van der Waals surface area contributed by atoms with Gasteiger partial charge in [-0.2, -0.15) is 0 Å². The number of hydrogen-bond acceptors (Lipinski definition) is 6. The van der Waals surface area contributed by atoms with E-state index in [1.54, 1.807) is 13.3 Å². The van der Waals surface area contributed by atoms with E-state index in [4.69, 9.17) is 4.74 Å². The lowest BCUT2D eigenvalue weighted by Gasteiger charge is -2.14. The lowest BCUT2D eigenvalue weighted by atomic mass is 10.2. The molecule has 1 atom stereocenters. The van der Waals surface area contributed by atoms with Crippen molar-refractivity contribution in [3.8, 4) is 23.0 Å². The van der Waals surface area contributed by atoms with Crippen LogP contribution in [0.5, 0.6) is 5.75 Å². The Balaban J connectivity index is 1.97. The van der Waals surface area contributed by atoms with Gasteiger partial charge in [0.2, 0.25) is 5.91 Å². The second kappa shape index (κ2) is 9.36. The van der Waals surface area contributed by atoms with E-state index in [2.05, 4.69) is 20.5 Å². The smallest absolute Gasteiger partial charge is 0.230 e. The zero-order valence-corrected chi connectivity index (χ0v) is 16.9. The highest BCUT2D eigenvalue weighted by Crippen LogP contribution is 2.31. The predicted molar refractivity (Wildman–Crippen MR) is 110 cm³/mol. The Morgan fingerprint density at radius 2 is 2.00 bits per heavy atom. The molecule has 1 aromatic carbocycles. The predicted octanol–water partition coefficient (Wildman–Crippen LogP) is 3.34. The molecule has 0 radical (unpaired) electrons. The molecule has 0 fully saturated rings. The average molecular weight is 398 g/mol. The Hall–Kier alpha value is -2.87. The third kappa shape index (κ3) is 4.51. The first kappa shape index (κ1) is 19.9. The number of ether oxygens (including phenoxy) is 1. The van der Waals surface area contributed by atoms with Gasteiger partial charge < -0.3 is 10.1 Å². The summed E-state index contributed by atoms with van der Waals surface area (Å²) in [6.45, 7) is 4.02. The molecular weight excluding hydrogens is 374 g/mol. The third-order valence-corrected chi connectivity index (χ3v) is 5.13. The number of benzene rings is 1. The summed E-state index contributed by atoms with van der Waals surface area (Å²) in [5.74, 6) is 1.49. The molecule has 28 heavy (non-hydrogen) atoms. The van der Waals surface area contributed by atoms with Gasteiger partial charge in [-0.25, -0.2) is 0 Å². The van der Waals surface area contributed by atoms with Crippen LogP contribution in [-0.2, 0) is 4.79 Å². The summed E-state index contributed by atoms with van der Waals surface area (Å²) in [7, 11) is 1.62. The average Bonchev–Trinajstić information content (AvgIpc) is 3.16. The number of para-hydroxylation sites is 2. The maximum atomic E-state index is 12.2. The maximum Gasteiger partial charge on any atom is 0.230 e. The minimum absolute atomic E-state index is 0.0340.